The number of nitrogens with zero attached hydrogens (tertiary/aromatic N) is 1. The lowest BCUT2D eigenvalue weighted by molar-refractivity contribution is -0.151. The van der Waals surface area contributed by atoms with E-state index in [4.69, 9.17) is 15.2 Å². The lowest BCUT2D eigenvalue weighted by Gasteiger charge is -2.38. The van der Waals surface area contributed by atoms with Crippen molar-refractivity contribution in [3.8, 4) is 0 Å². The number of hydrogen-bond acceptors (Lipinski definition) is 5. The van der Waals surface area contributed by atoms with Gasteiger partial charge in [0.15, 0.2) is 0 Å². The molecule has 0 saturated carbocycles. The van der Waals surface area contributed by atoms with Crippen LogP contribution in [-0.2, 0) is 14.3 Å². The highest BCUT2D eigenvalue weighted by atomic mass is 16.5. The van der Waals surface area contributed by atoms with Crippen LogP contribution in [0, 0.1) is 0 Å². The van der Waals surface area contributed by atoms with E-state index in [-0.39, 0.29) is 18.2 Å². The van der Waals surface area contributed by atoms with Crippen LogP contribution in [0.3, 0.4) is 0 Å². The predicted octanol–water partition coefficient (Wildman–Crippen LogP) is 0.376. The summed E-state index contributed by atoms with van der Waals surface area (Å²) in [7, 11) is 0. The maximum Gasteiger partial charge on any atom is 0.327 e. The average molecular weight is 244 g/mol. The van der Waals surface area contributed by atoms with Crippen molar-refractivity contribution in [1.82, 2.24) is 4.90 Å². The SMILES string of the molecule is CCOC(=O)C(C)(N)CN1CC(C)OC(C)C1. The van der Waals surface area contributed by atoms with Gasteiger partial charge in [0.25, 0.3) is 0 Å². The third-order valence-corrected chi connectivity index (χ3v) is 2.79. The molecule has 0 amide bonds. The Labute approximate surface area is 103 Å². The van der Waals surface area contributed by atoms with Crippen molar-refractivity contribution in [1.29, 1.82) is 0 Å². The van der Waals surface area contributed by atoms with Crippen LogP contribution in [0.4, 0.5) is 0 Å². The number of carbonyl (C=O) groups excluding carboxylic acids is 1. The number of esters is 1. The van der Waals surface area contributed by atoms with E-state index in [1.54, 1.807) is 13.8 Å². The van der Waals surface area contributed by atoms with Gasteiger partial charge in [-0.05, 0) is 27.7 Å². The zero-order chi connectivity index (χ0) is 13.1. The molecule has 0 aliphatic carbocycles. The van der Waals surface area contributed by atoms with Gasteiger partial charge in [-0.15, -0.1) is 0 Å². The van der Waals surface area contributed by atoms with Crippen molar-refractivity contribution in [3.05, 3.63) is 0 Å². The first-order valence-corrected chi connectivity index (χ1v) is 6.19. The molecule has 3 unspecified atom stereocenters. The van der Waals surface area contributed by atoms with Crippen LogP contribution in [0.2, 0.25) is 0 Å². The topological polar surface area (TPSA) is 64.8 Å². The second-order valence-corrected chi connectivity index (χ2v) is 5.09. The molecule has 2 N–H and O–H groups in total. The molecule has 0 aromatic heterocycles. The smallest absolute Gasteiger partial charge is 0.327 e. The predicted molar refractivity (Wildman–Crippen MR) is 65.7 cm³/mol. The van der Waals surface area contributed by atoms with Gasteiger partial charge in [-0.3, -0.25) is 9.69 Å². The summed E-state index contributed by atoms with van der Waals surface area (Å²) in [4.78, 5) is 13.9. The van der Waals surface area contributed by atoms with Crippen molar-refractivity contribution >= 4 is 5.97 Å². The zero-order valence-corrected chi connectivity index (χ0v) is 11.2. The molecule has 5 nitrogen and oxygen atoms in total. The minimum Gasteiger partial charge on any atom is -0.465 e. The summed E-state index contributed by atoms with van der Waals surface area (Å²) in [6.45, 7) is 10.0. The van der Waals surface area contributed by atoms with E-state index >= 15 is 0 Å². The van der Waals surface area contributed by atoms with E-state index in [1.165, 1.54) is 0 Å². The van der Waals surface area contributed by atoms with E-state index in [9.17, 15) is 4.79 Å². The van der Waals surface area contributed by atoms with E-state index in [2.05, 4.69) is 4.90 Å². The zero-order valence-electron chi connectivity index (χ0n) is 11.2. The second kappa shape index (κ2) is 5.80. The van der Waals surface area contributed by atoms with E-state index < -0.39 is 5.54 Å². The summed E-state index contributed by atoms with van der Waals surface area (Å²) in [6, 6.07) is 0. The number of hydrogen-bond donors (Lipinski definition) is 1. The Morgan fingerprint density at radius 2 is 2.00 bits per heavy atom. The Balaban J connectivity index is 2.54. The molecule has 17 heavy (non-hydrogen) atoms. The van der Waals surface area contributed by atoms with Crippen LogP contribution in [0.15, 0.2) is 0 Å². The maximum atomic E-state index is 11.7. The van der Waals surface area contributed by atoms with Gasteiger partial charge in [0.2, 0.25) is 0 Å². The van der Waals surface area contributed by atoms with Gasteiger partial charge in [-0.2, -0.15) is 0 Å². The highest BCUT2D eigenvalue weighted by Gasteiger charge is 2.34. The van der Waals surface area contributed by atoms with Crippen LogP contribution >= 0.6 is 0 Å². The van der Waals surface area contributed by atoms with Crippen molar-refractivity contribution in [2.24, 2.45) is 5.73 Å². The molecular weight excluding hydrogens is 220 g/mol. The molecule has 1 rings (SSSR count). The molecule has 0 radical (unpaired) electrons. The molecule has 5 heteroatoms. The first-order valence-electron chi connectivity index (χ1n) is 6.19. The summed E-state index contributed by atoms with van der Waals surface area (Å²) >= 11 is 0. The Morgan fingerprint density at radius 1 is 1.47 bits per heavy atom. The quantitative estimate of drug-likeness (QED) is 0.724. The van der Waals surface area contributed by atoms with Crippen molar-refractivity contribution in [3.63, 3.8) is 0 Å². The van der Waals surface area contributed by atoms with Gasteiger partial charge in [-0.25, -0.2) is 0 Å². The van der Waals surface area contributed by atoms with Gasteiger partial charge in [0, 0.05) is 19.6 Å². The molecule has 100 valence electrons. The second-order valence-electron chi connectivity index (χ2n) is 5.09. The third kappa shape index (κ3) is 4.26. The van der Waals surface area contributed by atoms with Gasteiger partial charge >= 0.3 is 5.97 Å². The Kier molecular flexibility index (Phi) is 4.91. The summed E-state index contributed by atoms with van der Waals surface area (Å²) in [5, 5.41) is 0. The molecule has 0 aromatic rings. The van der Waals surface area contributed by atoms with Gasteiger partial charge in [0.05, 0.1) is 18.8 Å². The van der Waals surface area contributed by atoms with Gasteiger partial charge in [-0.1, -0.05) is 0 Å². The molecule has 1 heterocycles. The largest absolute Gasteiger partial charge is 0.465 e. The summed E-state index contributed by atoms with van der Waals surface area (Å²) in [5.74, 6) is -0.341. The van der Waals surface area contributed by atoms with E-state index in [1.807, 2.05) is 13.8 Å². The van der Waals surface area contributed by atoms with Crippen molar-refractivity contribution in [2.75, 3.05) is 26.2 Å². The summed E-state index contributed by atoms with van der Waals surface area (Å²) < 4.78 is 10.6. The standard InChI is InChI=1S/C12H24N2O3/c1-5-16-11(15)12(4,13)8-14-6-9(2)17-10(3)7-14/h9-10H,5-8,13H2,1-4H3. The molecule has 0 spiro atoms. The number of rotatable bonds is 4. The van der Waals surface area contributed by atoms with E-state index in [0.717, 1.165) is 13.1 Å². The molecule has 3 atom stereocenters. The number of carbonyl (C=O) groups is 1. The van der Waals surface area contributed by atoms with Gasteiger partial charge < -0.3 is 15.2 Å². The Hall–Kier alpha value is -0.650. The van der Waals surface area contributed by atoms with Crippen molar-refractivity contribution < 1.29 is 14.3 Å². The molecule has 0 bridgehead atoms. The molecule has 0 aromatic carbocycles. The van der Waals surface area contributed by atoms with Crippen LogP contribution in [-0.4, -0.2) is 54.9 Å². The summed E-state index contributed by atoms with van der Waals surface area (Å²) in [5.41, 5.74) is 5.06. The van der Waals surface area contributed by atoms with Crippen LogP contribution in [0.25, 0.3) is 0 Å². The van der Waals surface area contributed by atoms with E-state index in [0.29, 0.717) is 13.2 Å². The fourth-order valence-corrected chi connectivity index (χ4v) is 2.24. The fourth-order valence-electron chi connectivity index (χ4n) is 2.24. The molecule has 1 saturated heterocycles. The lowest BCUT2D eigenvalue weighted by atomic mass is 10.0. The van der Waals surface area contributed by atoms with Crippen LogP contribution in [0.5, 0.6) is 0 Å². The molecule has 1 aliphatic heterocycles. The molecule has 1 aliphatic rings. The third-order valence-electron chi connectivity index (χ3n) is 2.79. The number of ether oxygens (including phenoxy) is 2. The summed E-state index contributed by atoms with van der Waals surface area (Å²) in [6.07, 6.45) is 0.355. The number of morpholine rings is 1. The Morgan fingerprint density at radius 3 is 2.47 bits per heavy atom. The highest BCUT2D eigenvalue weighted by molar-refractivity contribution is 5.80. The van der Waals surface area contributed by atoms with Crippen molar-refractivity contribution in [2.45, 2.75) is 45.4 Å². The molecular formula is C12H24N2O3. The first kappa shape index (κ1) is 14.4. The first-order chi connectivity index (χ1) is 7.85. The van der Waals surface area contributed by atoms with Gasteiger partial charge in [0.1, 0.15) is 5.54 Å². The highest BCUT2D eigenvalue weighted by Crippen LogP contribution is 2.14. The normalized spacial score (nSPS) is 29.7. The minimum atomic E-state index is -0.952. The minimum absolute atomic E-state index is 0.178. The van der Waals surface area contributed by atoms with Crippen LogP contribution < -0.4 is 5.73 Å². The average Bonchev–Trinajstić information content (AvgIpc) is 2.15. The fraction of sp³-hybridized carbons (Fsp3) is 0.917. The number of nitrogens with two attached hydrogens (primary N) is 1. The lowest BCUT2D eigenvalue weighted by Crippen LogP contribution is -2.58. The molecule has 1 fully saturated rings. The van der Waals surface area contributed by atoms with Crippen LogP contribution in [0.1, 0.15) is 27.7 Å². The monoisotopic (exact) mass is 244 g/mol. The maximum absolute atomic E-state index is 11.7. The Bertz CT molecular complexity index is 258.